The van der Waals surface area contributed by atoms with Crippen LogP contribution in [0.2, 0.25) is 0 Å². The second-order valence-corrected chi connectivity index (χ2v) is 4.44. The molecule has 0 saturated carbocycles. The molecule has 4 heteroatoms. The molecule has 2 rings (SSSR count). The lowest BCUT2D eigenvalue weighted by molar-refractivity contribution is 0.0148. The largest absolute Gasteiger partial charge is 0.385 e. The molecule has 0 aromatic carbocycles. The quantitative estimate of drug-likeness (QED) is 0.752. The SMILES string of the molecule is Cc1cnc(N)c(C2(O)CCCOCC2)c1. The van der Waals surface area contributed by atoms with Crippen molar-refractivity contribution in [3.05, 3.63) is 23.4 Å². The van der Waals surface area contributed by atoms with Crippen LogP contribution in [0.3, 0.4) is 0 Å². The van der Waals surface area contributed by atoms with E-state index in [2.05, 4.69) is 4.98 Å². The molecule has 0 bridgehead atoms. The Morgan fingerprint density at radius 2 is 2.25 bits per heavy atom. The number of ether oxygens (including phenoxy) is 1. The molecule has 16 heavy (non-hydrogen) atoms. The number of nitrogens with zero attached hydrogens (tertiary/aromatic N) is 1. The van der Waals surface area contributed by atoms with Crippen molar-refractivity contribution >= 4 is 5.82 Å². The molecule has 88 valence electrons. The molecule has 1 aliphatic heterocycles. The Labute approximate surface area is 95.4 Å². The summed E-state index contributed by atoms with van der Waals surface area (Å²) in [4.78, 5) is 4.11. The Bertz CT molecular complexity index is 371. The Hall–Kier alpha value is -1.13. The molecule has 0 spiro atoms. The molecule has 2 heterocycles. The highest BCUT2D eigenvalue weighted by molar-refractivity contribution is 5.44. The van der Waals surface area contributed by atoms with Crippen LogP contribution in [-0.4, -0.2) is 23.3 Å². The van der Waals surface area contributed by atoms with Gasteiger partial charge in [-0.2, -0.15) is 0 Å². The molecule has 1 aromatic rings. The minimum absolute atomic E-state index is 0.426. The fraction of sp³-hybridized carbons (Fsp3) is 0.583. The van der Waals surface area contributed by atoms with E-state index < -0.39 is 5.60 Å². The van der Waals surface area contributed by atoms with E-state index in [0.717, 1.165) is 17.5 Å². The van der Waals surface area contributed by atoms with Gasteiger partial charge in [0.2, 0.25) is 0 Å². The van der Waals surface area contributed by atoms with Crippen molar-refractivity contribution in [1.82, 2.24) is 4.98 Å². The van der Waals surface area contributed by atoms with Gasteiger partial charge in [-0.1, -0.05) is 0 Å². The average Bonchev–Trinajstić information content (AvgIpc) is 2.48. The van der Waals surface area contributed by atoms with Crippen molar-refractivity contribution in [2.24, 2.45) is 0 Å². The normalized spacial score (nSPS) is 26.4. The van der Waals surface area contributed by atoms with Gasteiger partial charge in [-0.25, -0.2) is 4.98 Å². The summed E-state index contributed by atoms with van der Waals surface area (Å²) < 4.78 is 5.36. The van der Waals surface area contributed by atoms with Crippen molar-refractivity contribution in [3.8, 4) is 0 Å². The highest BCUT2D eigenvalue weighted by atomic mass is 16.5. The van der Waals surface area contributed by atoms with Crippen LogP contribution in [-0.2, 0) is 10.3 Å². The minimum atomic E-state index is -0.875. The first-order valence-corrected chi connectivity index (χ1v) is 5.64. The van der Waals surface area contributed by atoms with E-state index in [-0.39, 0.29) is 0 Å². The van der Waals surface area contributed by atoms with Crippen molar-refractivity contribution in [2.45, 2.75) is 31.8 Å². The number of hydrogen-bond donors (Lipinski definition) is 2. The molecule has 0 radical (unpaired) electrons. The molecule has 1 fully saturated rings. The second kappa shape index (κ2) is 4.39. The predicted octanol–water partition coefficient (Wildman–Crippen LogP) is 1.36. The van der Waals surface area contributed by atoms with Crippen LogP contribution in [0.15, 0.2) is 12.3 Å². The summed E-state index contributed by atoms with van der Waals surface area (Å²) in [6, 6.07) is 1.92. The van der Waals surface area contributed by atoms with Crippen molar-refractivity contribution in [2.75, 3.05) is 18.9 Å². The molecule has 1 aromatic heterocycles. The third-order valence-corrected chi connectivity index (χ3v) is 3.10. The summed E-state index contributed by atoms with van der Waals surface area (Å²) >= 11 is 0. The van der Waals surface area contributed by atoms with Gasteiger partial charge in [0.15, 0.2) is 0 Å². The van der Waals surface area contributed by atoms with E-state index >= 15 is 0 Å². The Morgan fingerprint density at radius 1 is 1.44 bits per heavy atom. The molecular formula is C12H18N2O2. The number of aromatic nitrogens is 1. The first-order chi connectivity index (χ1) is 7.62. The van der Waals surface area contributed by atoms with Crippen LogP contribution in [0, 0.1) is 6.92 Å². The smallest absolute Gasteiger partial charge is 0.129 e. The van der Waals surface area contributed by atoms with E-state index in [1.165, 1.54) is 0 Å². The van der Waals surface area contributed by atoms with Gasteiger partial charge in [0.25, 0.3) is 0 Å². The number of anilines is 1. The molecule has 4 nitrogen and oxygen atoms in total. The van der Waals surface area contributed by atoms with Gasteiger partial charge < -0.3 is 15.6 Å². The third kappa shape index (κ3) is 2.18. The van der Waals surface area contributed by atoms with Gasteiger partial charge in [-0.15, -0.1) is 0 Å². The number of pyridine rings is 1. The molecule has 1 atom stereocenters. The van der Waals surface area contributed by atoms with Gasteiger partial charge in [0.1, 0.15) is 5.82 Å². The highest BCUT2D eigenvalue weighted by Crippen LogP contribution is 2.35. The lowest BCUT2D eigenvalue weighted by atomic mass is 9.86. The van der Waals surface area contributed by atoms with Crippen LogP contribution < -0.4 is 5.73 Å². The number of aliphatic hydroxyl groups is 1. The summed E-state index contributed by atoms with van der Waals surface area (Å²) in [5, 5.41) is 10.6. The fourth-order valence-electron chi connectivity index (χ4n) is 2.16. The summed E-state index contributed by atoms with van der Waals surface area (Å²) in [6.07, 6.45) is 3.84. The first kappa shape index (κ1) is 11.4. The molecule has 1 saturated heterocycles. The van der Waals surface area contributed by atoms with Gasteiger partial charge in [-0.3, -0.25) is 0 Å². The van der Waals surface area contributed by atoms with Gasteiger partial charge >= 0.3 is 0 Å². The van der Waals surface area contributed by atoms with Crippen LogP contribution in [0.4, 0.5) is 5.82 Å². The van der Waals surface area contributed by atoms with Crippen molar-refractivity contribution < 1.29 is 9.84 Å². The summed E-state index contributed by atoms with van der Waals surface area (Å²) in [5.74, 6) is 0.426. The van der Waals surface area contributed by atoms with Crippen LogP contribution >= 0.6 is 0 Å². The van der Waals surface area contributed by atoms with Crippen molar-refractivity contribution in [1.29, 1.82) is 0 Å². The fourth-order valence-corrected chi connectivity index (χ4v) is 2.16. The van der Waals surface area contributed by atoms with Crippen LogP contribution in [0.5, 0.6) is 0 Å². The number of nitrogen functional groups attached to an aromatic ring is 1. The summed E-state index contributed by atoms with van der Waals surface area (Å²) in [7, 11) is 0. The summed E-state index contributed by atoms with van der Waals surface area (Å²) in [6.45, 7) is 3.23. The molecule has 3 N–H and O–H groups in total. The maximum absolute atomic E-state index is 10.6. The zero-order chi connectivity index (χ0) is 11.6. The van der Waals surface area contributed by atoms with Gasteiger partial charge in [0.05, 0.1) is 5.60 Å². The Kier molecular flexibility index (Phi) is 3.12. The third-order valence-electron chi connectivity index (χ3n) is 3.10. The first-order valence-electron chi connectivity index (χ1n) is 5.64. The lowest BCUT2D eigenvalue weighted by Crippen LogP contribution is -2.27. The molecular weight excluding hydrogens is 204 g/mol. The van der Waals surface area contributed by atoms with Crippen LogP contribution in [0.25, 0.3) is 0 Å². The number of aryl methyl sites for hydroxylation is 1. The Morgan fingerprint density at radius 3 is 3.06 bits per heavy atom. The maximum atomic E-state index is 10.6. The minimum Gasteiger partial charge on any atom is -0.385 e. The van der Waals surface area contributed by atoms with E-state index in [9.17, 15) is 5.11 Å². The van der Waals surface area contributed by atoms with Crippen LogP contribution in [0.1, 0.15) is 30.4 Å². The number of nitrogens with two attached hydrogens (primary N) is 1. The Balaban J connectivity index is 2.36. The number of rotatable bonds is 1. The zero-order valence-corrected chi connectivity index (χ0v) is 9.57. The standard InChI is InChI=1S/C12H18N2O2/c1-9-7-10(11(13)14-8-9)12(15)3-2-5-16-6-4-12/h7-8,15H,2-6H2,1H3,(H2,13,14). The maximum Gasteiger partial charge on any atom is 0.129 e. The average molecular weight is 222 g/mol. The summed E-state index contributed by atoms with van der Waals surface area (Å²) in [5.41, 5.74) is 6.73. The monoisotopic (exact) mass is 222 g/mol. The van der Waals surface area contributed by atoms with E-state index in [4.69, 9.17) is 10.5 Å². The van der Waals surface area contributed by atoms with Crippen molar-refractivity contribution in [3.63, 3.8) is 0 Å². The van der Waals surface area contributed by atoms with Gasteiger partial charge in [0, 0.05) is 31.4 Å². The molecule has 0 amide bonds. The lowest BCUT2D eigenvalue weighted by Gasteiger charge is -2.27. The molecule has 0 aliphatic carbocycles. The van der Waals surface area contributed by atoms with E-state index in [0.29, 0.717) is 31.9 Å². The molecule has 1 unspecified atom stereocenters. The highest BCUT2D eigenvalue weighted by Gasteiger charge is 2.32. The topological polar surface area (TPSA) is 68.4 Å². The van der Waals surface area contributed by atoms with E-state index in [1.54, 1.807) is 6.20 Å². The number of hydrogen-bond acceptors (Lipinski definition) is 4. The van der Waals surface area contributed by atoms with Gasteiger partial charge in [-0.05, 0) is 31.4 Å². The second-order valence-electron chi connectivity index (χ2n) is 4.44. The zero-order valence-electron chi connectivity index (χ0n) is 9.57. The predicted molar refractivity (Wildman–Crippen MR) is 62.0 cm³/mol. The molecule has 1 aliphatic rings. The van der Waals surface area contributed by atoms with E-state index in [1.807, 2.05) is 13.0 Å².